The molecule has 3 rings (SSSR count). The largest absolute Gasteiger partial charge is 0.419 e. The van der Waals surface area contributed by atoms with Gasteiger partial charge in [-0.1, -0.05) is 23.2 Å². The SMILES string of the molecule is Fc1ccc(-c2nnc(CNc3ccc(Cl)c(Cl)c3)o2)cc1. The van der Waals surface area contributed by atoms with Gasteiger partial charge < -0.3 is 9.73 Å². The van der Waals surface area contributed by atoms with Crippen LogP contribution in [0.15, 0.2) is 46.9 Å². The highest BCUT2D eigenvalue weighted by atomic mass is 35.5. The van der Waals surface area contributed by atoms with Crippen LogP contribution in [0, 0.1) is 5.82 Å². The van der Waals surface area contributed by atoms with E-state index in [0.717, 1.165) is 5.69 Å². The zero-order valence-electron chi connectivity index (χ0n) is 11.2. The third-order valence-electron chi connectivity index (χ3n) is 2.92. The van der Waals surface area contributed by atoms with Gasteiger partial charge in [0, 0.05) is 11.3 Å². The average Bonchev–Trinajstić information content (AvgIpc) is 2.98. The second kappa shape index (κ2) is 6.34. The molecular formula is C15H10Cl2FN3O. The number of aromatic nitrogens is 2. The zero-order chi connectivity index (χ0) is 15.5. The fourth-order valence-electron chi connectivity index (χ4n) is 1.82. The van der Waals surface area contributed by atoms with Crippen molar-refractivity contribution in [1.82, 2.24) is 10.2 Å². The van der Waals surface area contributed by atoms with Gasteiger partial charge in [0.2, 0.25) is 11.8 Å². The van der Waals surface area contributed by atoms with Crippen molar-refractivity contribution in [2.75, 3.05) is 5.32 Å². The highest BCUT2D eigenvalue weighted by molar-refractivity contribution is 6.42. The Hall–Kier alpha value is -2.11. The third-order valence-corrected chi connectivity index (χ3v) is 3.66. The second-order valence-corrected chi connectivity index (χ2v) is 5.30. The summed E-state index contributed by atoms with van der Waals surface area (Å²) in [5.74, 6) is 0.432. The normalized spacial score (nSPS) is 10.7. The summed E-state index contributed by atoms with van der Waals surface area (Å²) in [5.41, 5.74) is 1.45. The highest BCUT2D eigenvalue weighted by Crippen LogP contribution is 2.25. The van der Waals surface area contributed by atoms with E-state index in [9.17, 15) is 4.39 Å². The molecule has 4 nitrogen and oxygen atoms in total. The predicted molar refractivity (Wildman–Crippen MR) is 83.5 cm³/mol. The van der Waals surface area contributed by atoms with Crippen LogP contribution in [-0.2, 0) is 6.54 Å². The number of nitrogens with one attached hydrogen (secondary N) is 1. The first-order valence-electron chi connectivity index (χ1n) is 6.39. The van der Waals surface area contributed by atoms with Gasteiger partial charge in [0.05, 0.1) is 16.6 Å². The molecule has 2 aromatic carbocycles. The lowest BCUT2D eigenvalue weighted by atomic mass is 10.2. The zero-order valence-corrected chi connectivity index (χ0v) is 12.7. The molecule has 0 saturated carbocycles. The van der Waals surface area contributed by atoms with Crippen LogP contribution in [0.25, 0.3) is 11.5 Å². The minimum absolute atomic E-state index is 0.315. The molecule has 0 aliphatic rings. The maximum absolute atomic E-state index is 12.9. The summed E-state index contributed by atoms with van der Waals surface area (Å²) in [7, 11) is 0. The van der Waals surface area contributed by atoms with Crippen molar-refractivity contribution in [3.8, 4) is 11.5 Å². The molecule has 1 aromatic heterocycles. The van der Waals surface area contributed by atoms with E-state index in [4.69, 9.17) is 27.6 Å². The fourth-order valence-corrected chi connectivity index (χ4v) is 2.12. The molecule has 0 aliphatic carbocycles. The number of hydrogen-bond donors (Lipinski definition) is 1. The van der Waals surface area contributed by atoms with Gasteiger partial charge in [-0.15, -0.1) is 10.2 Å². The predicted octanol–water partition coefficient (Wildman–Crippen LogP) is 4.79. The van der Waals surface area contributed by atoms with E-state index in [0.29, 0.717) is 33.9 Å². The molecule has 0 bridgehead atoms. The van der Waals surface area contributed by atoms with Crippen molar-refractivity contribution in [2.24, 2.45) is 0 Å². The molecule has 22 heavy (non-hydrogen) atoms. The molecule has 0 spiro atoms. The molecule has 1 heterocycles. The number of halogens is 3. The van der Waals surface area contributed by atoms with Crippen molar-refractivity contribution in [1.29, 1.82) is 0 Å². The quantitative estimate of drug-likeness (QED) is 0.743. The molecule has 0 saturated heterocycles. The minimum atomic E-state index is -0.315. The number of rotatable bonds is 4. The Morgan fingerprint density at radius 3 is 2.50 bits per heavy atom. The summed E-state index contributed by atoms with van der Waals surface area (Å²) in [6.45, 7) is 0.339. The molecule has 112 valence electrons. The first kappa shape index (κ1) is 14.8. The Kier molecular flexibility index (Phi) is 4.27. The maximum atomic E-state index is 12.9. The van der Waals surface area contributed by atoms with Gasteiger partial charge >= 0.3 is 0 Å². The first-order chi connectivity index (χ1) is 10.6. The summed E-state index contributed by atoms with van der Waals surface area (Å²) in [5, 5.41) is 11.9. The monoisotopic (exact) mass is 337 g/mol. The topological polar surface area (TPSA) is 51.0 Å². The Morgan fingerprint density at radius 2 is 1.77 bits per heavy atom. The van der Waals surface area contributed by atoms with Gasteiger partial charge in [0.15, 0.2) is 0 Å². The Balaban J connectivity index is 1.69. The lowest BCUT2D eigenvalue weighted by Gasteiger charge is -2.04. The standard InChI is InChI=1S/C15H10Cl2FN3O/c16-12-6-5-11(7-13(12)17)19-8-14-20-21-15(22-14)9-1-3-10(18)4-2-9/h1-7,19H,8H2. The number of hydrogen-bond acceptors (Lipinski definition) is 4. The van der Waals surface area contributed by atoms with Crippen molar-refractivity contribution >= 4 is 28.9 Å². The van der Waals surface area contributed by atoms with E-state index >= 15 is 0 Å². The smallest absolute Gasteiger partial charge is 0.247 e. The lowest BCUT2D eigenvalue weighted by Crippen LogP contribution is -1.99. The number of benzene rings is 2. The van der Waals surface area contributed by atoms with Gasteiger partial charge in [-0.25, -0.2) is 4.39 Å². The fraction of sp³-hybridized carbons (Fsp3) is 0.0667. The summed E-state index contributed by atoms with van der Waals surface area (Å²) >= 11 is 11.8. The van der Waals surface area contributed by atoms with Crippen LogP contribution in [0.4, 0.5) is 10.1 Å². The van der Waals surface area contributed by atoms with Crippen molar-refractivity contribution in [2.45, 2.75) is 6.54 Å². The van der Waals surface area contributed by atoms with Gasteiger partial charge in [-0.3, -0.25) is 0 Å². The van der Waals surface area contributed by atoms with E-state index < -0.39 is 0 Å². The Morgan fingerprint density at radius 1 is 1.00 bits per heavy atom. The van der Waals surface area contributed by atoms with Gasteiger partial charge in [-0.05, 0) is 42.5 Å². The summed E-state index contributed by atoms with van der Waals surface area (Å²) in [6.07, 6.45) is 0. The van der Waals surface area contributed by atoms with Crippen LogP contribution in [0.2, 0.25) is 10.0 Å². The third kappa shape index (κ3) is 3.37. The molecule has 0 aliphatic heterocycles. The van der Waals surface area contributed by atoms with Crippen molar-refractivity contribution in [3.63, 3.8) is 0 Å². The van der Waals surface area contributed by atoms with Gasteiger partial charge in [0.1, 0.15) is 5.82 Å². The van der Waals surface area contributed by atoms with E-state index in [2.05, 4.69) is 15.5 Å². The van der Waals surface area contributed by atoms with Crippen LogP contribution in [0.1, 0.15) is 5.89 Å². The van der Waals surface area contributed by atoms with Crippen molar-refractivity contribution < 1.29 is 8.81 Å². The summed E-state index contributed by atoms with van der Waals surface area (Å²) < 4.78 is 18.4. The molecule has 0 atom stereocenters. The second-order valence-electron chi connectivity index (χ2n) is 4.49. The Labute approximate surface area is 135 Å². The van der Waals surface area contributed by atoms with Gasteiger partial charge in [-0.2, -0.15) is 0 Å². The van der Waals surface area contributed by atoms with Crippen LogP contribution in [-0.4, -0.2) is 10.2 Å². The molecule has 0 amide bonds. The molecule has 0 unspecified atom stereocenters. The summed E-state index contributed by atoms with van der Waals surface area (Å²) in [4.78, 5) is 0. The van der Waals surface area contributed by atoms with Crippen LogP contribution in [0.3, 0.4) is 0 Å². The van der Waals surface area contributed by atoms with E-state index in [1.165, 1.54) is 12.1 Å². The van der Waals surface area contributed by atoms with Crippen LogP contribution in [0.5, 0.6) is 0 Å². The highest BCUT2D eigenvalue weighted by Gasteiger charge is 2.09. The van der Waals surface area contributed by atoms with Gasteiger partial charge in [0.25, 0.3) is 0 Å². The maximum Gasteiger partial charge on any atom is 0.247 e. The molecule has 7 heteroatoms. The van der Waals surface area contributed by atoms with E-state index in [1.54, 1.807) is 30.3 Å². The molecule has 1 N–H and O–H groups in total. The minimum Gasteiger partial charge on any atom is -0.419 e. The van der Waals surface area contributed by atoms with E-state index in [1.807, 2.05) is 0 Å². The van der Waals surface area contributed by atoms with Crippen molar-refractivity contribution in [3.05, 3.63) is 64.2 Å². The first-order valence-corrected chi connectivity index (χ1v) is 7.14. The molecule has 0 fully saturated rings. The molecular weight excluding hydrogens is 328 g/mol. The summed E-state index contributed by atoms with van der Waals surface area (Å²) in [6, 6.07) is 11.1. The van der Waals surface area contributed by atoms with Crippen LogP contribution >= 0.6 is 23.2 Å². The Bertz CT molecular complexity index is 790. The molecule has 3 aromatic rings. The average molecular weight is 338 g/mol. The van der Waals surface area contributed by atoms with E-state index in [-0.39, 0.29) is 5.82 Å². The van der Waals surface area contributed by atoms with Crippen LogP contribution < -0.4 is 5.32 Å². The number of anilines is 1. The number of nitrogens with zero attached hydrogens (tertiary/aromatic N) is 2. The molecule has 0 radical (unpaired) electrons. The lowest BCUT2D eigenvalue weighted by molar-refractivity contribution is 0.515.